The van der Waals surface area contributed by atoms with Crippen molar-refractivity contribution in [2.45, 2.75) is 57.4 Å². The molecule has 4 heteroatoms. The molecule has 102 valence electrons. The topological polar surface area (TPSA) is 21.3 Å². The number of ether oxygens (including phenoxy) is 1. The van der Waals surface area contributed by atoms with Gasteiger partial charge in [-0.1, -0.05) is 6.92 Å². The van der Waals surface area contributed by atoms with Crippen molar-refractivity contribution in [2.24, 2.45) is 5.92 Å². The van der Waals surface area contributed by atoms with Crippen LogP contribution in [0, 0.1) is 5.92 Å². The summed E-state index contributed by atoms with van der Waals surface area (Å²) in [5.74, 6) is -2.01. The number of hydrogen-bond acceptors (Lipinski definition) is 2. The summed E-state index contributed by atoms with van der Waals surface area (Å²) >= 11 is 0. The van der Waals surface area contributed by atoms with E-state index in [0.29, 0.717) is 24.8 Å². The molecule has 17 heavy (non-hydrogen) atoms. The van der Waals surface area contributed by atoms with Crippen LogP contribution in [0.15, 0.2) is 0 Å². The first-order chi connectivity index (χ1) is 8.09. The molecule has 2 nitrogen and oxygen atoms in total. The van der Waals surface area contributed by atoms with Crippen LogP contribution < -0.4 is 5.32 Å². The predicted molar refractivity (Wildman–Crippen MR) is 65.5 cm³/mol. The molecule has 1 fully saturated rings. The number of methoxy groups -OCH3 is 1. The molecular formula is C13H25F2NO. The van der Waals surface area contributed by atoms with Gasteiger partial charge in [0.25, 0.3) is 0 Å². The molecule has 0 aromatic heterocycles. The molecule has 1 aliphatic rings. The van der Waals surface area contributed by atoms with E-state index < -0.39 is 5.92 Å². The molecule has 0 aromatic carbocycles. The van der Waals surface area contributed by atoms with Gasteiger partial charge in [-0.3, -0.25) is 0 Å². The van der Waals surface area contributed by atoms with Gasteiger partial charge in [-0.25, -0.2) is 8.78 Å². The van der Waals surface area contributed by atoms with Crippen molar-refractivity contribution in [3.63, 3.8) is 0 Å². The third-order valence-electron chi connectivity index (χ3n) is 3.66. The lowest BCUT2D eigenvalue weighted by Crippen LogP contribution is -2.40. The molecule has 0 heterocycles. The van der Waals surface area contributed by atoms with E-state index in [2.05, 4.69) is 12.2 Å². The second-order valence-electron chi connectivity index (χ2n) is 4.99. The summed E-state index contributed by atoms with van der Waals surface area (Å²) in [6.07, 6.45) is 3.45. The van der Waals surface area contributed by atoms with Crippen LogP contribution in [0.25, 0.3) is 0 Å². The minimum absolute atomic E-state index is 0.0594. The Kier molecular flexibility index (Phi) is 6.34. The van der Waals surface area contributed by atoms with Crippen LogP contribution in [0.4, 0.5) is 8.78 Å². The summed E-state index contributed by atoms with van der Waals surface area (Å²) < 4.78 is 31.2. The van der Waals surface area contributed by atoms with Gasteiger partial charge in [0.15, 0.2) is 0 Å². The van der Waals surface area contributed by atoms with Gasteiger partial charge < -0.3 is 10.1 Å². The van der Waals surface area contributed by atoms with Crippen molar-refractivity contribution in [2.75, 3.05) is 20.3 Å². The number of rotatable bonds is 7. The van der Waals surface area contributed by atoms with E-state index in [0.717, 1.165) is 26.0 Å². The Balaban J connectivity index is 2.36. The van der Waals surface area contributed by atoms with Gasteiger partial charge in [0.05, 0.1) is 0 Å². The maximum absolute atomic E-state index is 13.1. The first-order valence-electron chi connectivity index (χ1n) is 6.69. The van der Waals surface area contributed by atoms with E-state index in [1.807, 2.05) is 0 Å². The van der Waals surface area contributed by atoms with Crippen LogP contribution in [0.5, 0.6) is 0 Å². The highest BCUT2D eigenvalue weighted by Crippen LogP contribution is 2.38. The maximum Gasteiger partial charge on any atom is 0.248 e. The highest BCUT2D eigenvalue weighted by Gasteiger charge is 2.37. The summed E-state index contributed by atoms with van der Waals surface area (Å²) in [7, 11) is 1.70. The molecule has 0 aromatic rings. The Bertz CT molecular complexity index is 202. The average molecular weight is 249 g/mol. The van der Waals surface area contributed by atoms with Crippen LogP contribution >= 0.6 is 0 Å². The largest absolute Gasteiger partial charge is 0.385 e. The smallest absolute Gasteiger partial charge is 0.248 e. The van der Waals surface area contributed by atoms with Gasteiger partial charge >= 0.3 is 0 Å². The first-order valence-corrected chi connectivity index (χ1v) is 6.69. The van der Waals surface area contributed by atoms with E-state index in [1.54, 1.807) is 7.11 Å². The Morgan fingerprint density at radius 2 is 2.00 bits per heavy atom. The summed E-state index contributed by atoms with van der Waals surface area (Å²) in [4.78, 5) is 0. The van der Waals surface area contributed by atoms with E-state index in [-0.39, 0.29) is 12.8 Å². The second kappa shape index (κ2) is 7.27. The molecule has 0 amide bonds. The molecule has 0 aliphatic heterocycles. The standard InChI is InChI=1S/C13H25F2NO/c1-3-16-12(5-4-10-17-2)11-6-8-13(14,15)9-7-11/h11-12,16H,3-10H2,1-2H3. The summed E-state index contributed by atoms with van der Waals surface area (Å²) in [6.45, 7) is 3.73. The monoisotopic (exact) mass is 249 g/mol. The zero-order valence-electron chi connectivity index (χ0n) is 11.0. The molecule has 0 bridgehead atoms. The summed E-state index contributed by atoms with van der Waals surface area (Å²) in [5.41, 5.74) is 0. The van der Waals surface area contributed by atoms with E-state index in [1.165, 1.54) is 0 Å². The lowest BCUT2D eigenvalue weighted by molar-refractivity contribution is -0.0500. The van der Waals surface area contributed by atoms with Gasteiger partial charge in [-0.15, -0.1) is 0 Å². The molecule has 1 aliphatic carbocycles. The van der Waals surface area contributed by atoms with Gasteiger partial charge in [0, 0.05) is 32.6 Å². The number of nitrogens with one attached hydrogen (secondary N) is 1. The Morgan fingerprint density at radius 1 is 1.35 bits per heavy atom. The molecular weight excluding hydrogens is 224 g/mol. The second-order valence-corrected chi connectivity index (χ2v) is 4.99. The minimum atomic E-state index is -2.42. The fraction of sp³-hybridized carbons (Fsp3) is 1.00. The van der Waals surface area contributed by atoms with Crippen molar-refractivity contribution in [1.82, 2.24) is 5.32 Å². The Labute approximate surface area is 103 Å². The van der Waals surface area contributed by atoms with Crippen LogP contribution in [-0.2, 0) is 4.74 Å². The highest BCUT2D eigenvalue weighted by molar-refractivity contribution is 4.84. The Morgan fingerprint density at radius 3 is 2.53 bits per heavy atom. The SMILES string of the molecule is CCNC(CCCOC)C1CCC(F)(F)CC1. The van der Waals surface area contributed by atoms with E-state index >= 15 is 0 Å². The highest BCUT2D eigenvalue weighted by atomic mass is 19.3. The van der Waals surface area contributed by atoms with Gasteiger partial charge in [0.2, 0.25) is 5.92 Å². The zero-order valence-corrected chi connectivity index (χ0v) is 11.0. The van der Waals surface area contributed by atoms with Crippen LogP contribution in [0.1, 0.15) is 45.4 Å². The minimum Gasteiger partial charge on any atom is -0.385 e. The van der Waals surface area contributed by atoms with Crippen molar-refractivity contribution in [3.8, 4) is 0 Å². The Hall–Kier alpha value is -0.220. The number of alkyl halides is 2. The van der Waals surface area contributed by atoms with Gasteiger partial charge in [-0.05, 0) is 38.1 Å². The molecule has 1 atom stereocenters. The van der Waals surface area contributed by atoms with Crippen molar-refractivity contribution in [1.29, 1.82) is 0 Å². The molecule has 1 rings (SSSR count). The van der Waals surface area contributed by atoms with Crippen LogP contribution in [-0.4, -0.2) is 32.2 Å². The van der Waals surface area contributed by atoms with Crippen molar-refractivity contribution in [3.05, 3.63) is 0 Å². The number of hydrogen-bond donors (Lipinski definition) is 1. The average Bonchev–Trinajstić information content (AvgIpc) is 2.28. The van der Waals surface area contributed by atoms with Crippen LogP contribution in [0.3, 0.4) is 0 Å². The molecule has 1 unspecified atom stereocenters. The lowest BCUT2D eigenvalue weighted by Gasteiger charge is -2.34. The van der Waals surface area contributed by atoms with E-state index in [4.69, 9.17) is 4.74 Å². The van der Waals surface area contributed by atoms with Gasteiger partial charge in [0.1, 0.15) is 0 Å². The first kappa shape index (κ1) is 14.8. The summed E-state index contributed by atoms with van der Waals surface area (Å²) in [6, 6.07) is 0.381. The molecule has 0 saturated heterocycles. The summed E-state index contributed by atoms with van der Waals surface area (Å²) in [5, 5.41) is 3.44. The normalized spacial score (nSPS) is 22.6. The van der Waals surface area contributed by atoms with Crippen LogP contribution in [0.2, 0.25) is 0 Å². The molecule has 1 N–H and O–H groups in total. The lowest BCUT2D eigenvalue weighted by atomic mass is 9.80. The third-order valence-corrected chi connectivity index (χ3v) is 3.66. The third kappa shape index (κ3) is 5.30. The fourth-order valence-corrected chi connectivity index (χ4v) is 2.68. The maximum atomic E-state index is 13.1. The molecule has 0 radical (unpaired) electrons. The van der Waals surface area contributed by atoms with Gasteiger partial charge in [-0.2, -0.15) is 0 Å². The van der Waals surface area contributed by atoms with Crippen molar-refractivity contribution < 1.29 is 13.5 Å². The quantitative estimate of drug-likeness (QED) is 0.699. The molecule has 0 spiro atoms. The molecule has 1 saturated carbocycles. The fourth-order valence-electron chi connectivity index (χ4n) is 2.68. The number of halogens is 2. The van der Waals surface area contributed by atoms with E-state index in [9.17, 15) is 8.78 Å². The predicted octanol–water partition coefficient (Wildman–Crippen LogP) is 3.22. The van der Waals surface area contributed by atoms with Crippen molar-refractivity contribution >= 4 is 0 Å². The zero-order chi connectivity index (χ0) is 12.7.